The van der Waals surface area contributed by atoms with Crippen molar-refractivity contribution in [1.29, 1.82) is 0 Å². The average molecular weight is 255 g/mol. The molecule has 0 bridgehead atoms. The molecular formula is C13H21NO2S. The van der Waals surface area contributed by atoms with Crippen LogP contribution in [0.2, 0.25) is 0 Å². The van der Waals surface area contributed by atoms with Gasteiger partial charge >= 0.3 is 0 Å². The van der Waals surface area contributed by atoms with Crippen LogP contribution in [0.1, 0.15) is 25.8 Å². The van der Waals surface area contributed by atoms with E-state index < -0.39 is 10.8 Å². The minimum absolute atomic E-state index is 0.224. The molecule has 1 rings (SSSR count). The van der Waals surface area contributed by atoms with Crippen molar-refractivity contribution in [2.45, 2.75) is 37.7 Å². The maximum atomic E-state index is 12.1. The van der Waals surface area contributed by atoms with Crippen molar-refractivity contribution in [2.24, 2.45) is 0 Å². The minimum atomic E-state index is -0.986. The van der Waals surface area contributed by atoms with E-state index in [9.17, 15) is 4.21 Å². The Bertz CT molecular complexity index is 416. The van der Waals surface area contributed by atoms with Crippen LogP contribution in [0.25, 0.3) is 0 Å². The molecule has 1 aromatic rings. The van der Waals surface area contributed by atoms with Gasteiger partial charge in [0.25, 0.3) is 0 Å². The summed E-state index contributed by atoms with van der Waals surface area (Å²) in [5.41, 5.74) is 7.22. The number of rotatable bonds is 5. The Hall–Kier alpha value is -0.870. The Morgan fingerprint density at radius 1 is 1.41 bits per heavy atom. The molecule has 1 atom stereocenters. The van der Waals surface area contributed by atoms with Crippen molar-refractivity contribution in [3.8, 4) is 0 Å². The van der Waals surface area contributed by atoms with E-state index >= 15 is 0 Å². The summed E-state index contributed by atoms with van der Waals surface area (Å²) in [4.78, 5) is 0.837. The molecule has 96 valence electrons. The lowest BCUT2D eigenvalue weighted by Crippen LogP contribution is -2.24. The minimum Gasteiger partial charge on any atom is -0.399 e. The van der Waals surface area contributed by atoms with Crippen LogP contribution < -0.4 is 5.73 Å². The fourth-order valence-electron chi connectivity index (χ4n) is 1.35. The first-order valence-corrected chi connectivity index (χ1v) is 6.97. The van der Waals surface area contributed by atoms with Crippen LogP contribution in [0.15, 0.2) is 23.1 Å². The van der Waals surface area contributed by atoms with Gasteiger partial charge < -0.3 is 10.5 Å². The second-order valence-corrected chi connectivity index (χ2v) is 6.35. The first kappa shape index (κ1) is 14.2. The van der Waals surface area contributed by atoms with Crippen molar-refractivity contribution in [3.05, 3.63) is 23.8 Å². The van der Waals surface area contributed by atoms with Gasteiger partial charge in [0, 0.05) is 23.4 Å². The Morgan fingerprint density at radius 2 is 2.06 bits per heavy atom. The number of methoxy groups -OCH3 is 1. The highest BCUT2D eigenvalue weighted by molar-refractivity contribution is 7.85. The lowest BCUT2D eigenvalue weighted by atomic mass is 10.1. The van der Waals surface area contributed by atoms with Gasteiger partial charge in [0.15, 0.2) is 0 Å². The number of hydrogen-bond donors (Lipinski definition) is 1. The van der Waals surface area contributed by atoms with Gasteiger partial charge in [-0.15, -0.1) is 0 Å². The van der Waals surface area contributed by atoms with Crippen molar-refractivity contribution in [2.75, 3.05) is 18.6 Å². The second kappa shape index (κ2) is 5.65. The van der Waals surface area contributed by atoms with Crippen molar-refractivity contribution < 1.29 is 8.95 Å². The van der Waals surface area contributed by atoms with E-state index in [1.54, 1.807) is 7.11 Å². The van der Waals surface area contributed by atoms with Crippen LogP contribution in [-0.4, -0.2) is 22.7 Å². The summed E-state index contributed by atoms with van der Waals surface area (Å²) in [5.74, 6) is 0.601. The Labute approximate surface area is 106 Å². The standard InChI is InChI=1S/C13H21NO2S/c1-10-9-11(5-6-12(10)14)17(15)8-7-13(2,3)16-4/h5-6,9H,7-8,14H2,1-4H3. The summed E-state index contributed by atoms with van der Waals surface area (Å²) in [7, 11) is 0.691. The van der Waals surface area contributed by atoms with Gasteiger partial charge in [0.1, 0.15) is 0 Å². The molecule has 1 aromatic carbocycles. The van der Waals surface area contributed by atoms with E-state index in [-0.39, 0.29) is 5.60 Å². The summed E-state index contributed by atoms with van der Waals surface area (Å²) in [6.45, 7) is 5.92. The Balaban J connectivity index is 2.68. The predicted molar refractivity (Wildman–Crippen MR) is 72.6 cm³/mol. The topological polar surface area (TPSA) is 52.3 Å². The number of ether oxygens (including phenoxy) is 1. The van der Waals surface area contributed by atoms with E-state index in [0.29, 0.717) is 5.75 Å². The van der Waals surface area contributed by atoms with Crippen LogP contribution in [-0.2, 0) is 15.5 Å². The molecule has 0 aromatic heterocycles. The monoisotopic (exact) mass is 255 g/mol. The molecule has 1 unspecified atom stereocenters. The third kappa shape index (κ3) is 4.13. The summed E-state index contributed by atoms with van der Waals surface area (Å²) in [6.07, 6.45) is 0.763. The number of anilines is 1. The van der Waals surface area contributed by atoms with E-state index in [2.05, 4.69) is 0 Å². The zero-order valence-electron chi connectivity index (χ0n) is 10.9. The molecule has 3 nitrogen and oxygen atoms in total. The first-order valence-electron chi connectivity index (χ1n) is 5.65. The highest BCUT2D eigenvalue weighted by Crippen LogP contribution is 2.19. The molecule has 0 aliphatic rings. The number of hydrogen-bond acceptors (Lipinski definition) is 3. The fourth-order valence-corrected chi connectivity index (χ4v) is 2.79. The lowest BCUT2D eigenvalue weighted by molar-refractivity contribution is 0.0205. The molecule has 0 heterocycles. The average Bonchev–Trinajstić information content (AvgIpc) is 2.30. The summed E-state index contributed by atoms with van der Waals surface area (Å²) >= 11 is 0. The SMILES string of the molecule is COC(C)(C)CCS(=O)c1ccc(N)c(C)c1. The molecular weight excluding hydrogens is 234 g/mol. The van der Waals surface area contributed by atoms with Crippen LogP contribution in [0, 0.1) is 6.92 Å². The molecule has 0 spiro atoms. The number of nitrogen functional groups attached to an aromatic ring is 1. The summed E-state index contributed by atoms with van der Waals surface area (Å²) in [5, 5.41) is 0. The van der Waals surface area contributed by atoms with E-state index in [4.69, 9.17) is 10.5 Å². The van der Waals surface area contributed by atoms with Gasteiger partial charge in [-0.3, -0.25) is 4.21 Å². The highest BCUT2D eigenvalue weighted by atomic mass is 32.2. The van der Waals surface area contributed by atoms with E-state index in [0.717, 1.165) is 22.6 Å². The molecule has 0 saturated heterocycles. The normalized spacial score (nSPS) is 13.6. The Kier molecular flexibility index (Phi) is 4.71. The largest absolute Gasteiger partial charge is 0.399 e. The van der Waals surface area contributed by atoms with Gasteiger partial charge in [-0.1, -0.05) is 0 Å². The van der Waals surface area contributed by atoms with Crippen LogP contribution in [0.3, 0.4) is 0 Å². The molecule has 17 heavy (non-hydrogen) atoms. The van der Waals surface area contributed by atoms with Crippen LogP contribution in [0.5, 0.6) is 0 Å². The zero-order valence-corrected chi connectivity index (χ0v) is 11.8. The van der Waals surface area contributed by atoms with Crippen molar-refractivity contribution in [1.82, 2.24) is 0 Å². The molecule has 2 N–H and O–H groups in total. The molecule has 4 heteroatoms. The third-order valence-electron chi connectivity index (χ3n) is 2.95. The van der Waals surface area contributed by atoms with Crippen LogP contribution in [0.4, 0.5) is 5.69 Å². The third-order valence-corrected chi connectivity index (χ3v) is 4.30. The zero-order chi connectivity index (χ0) is 13.1. The molecule has 0 aliphatic carbocycles. The summed E-state index contributed by atoms with van der Waals surface area (Å²) < 4.78 is 17.4. The van der Waals surface area contributed by atoms with Crippen LogP contribution >= 0.6 is 0 Å². The maximum Gasteiger partial charge on any atom is 0.0631 e. The van der Waals surface area contributed by atoms with E-state index in [1.165, 1.54) is 0 Å². The Morgan fingerprint density at radius 3 is 2.59 bits per heavy atom. The number of benzene rings is 1. The van der Waals surface area contributed by atoms with Crippen molar-refractivity contribution in [3.63, 3.8) is 0 Å². The first-order chi connectivity index (χ1) is 7.85. The maximum absolute atomic E-state index is 12.1. The quantitative estimate of drug-likeness (QED) is 0.822. The predicted octanol–water partition coefficient (Wildman–Crippen LogP) is 2.50. The molecule has 0 radical (unpaired) electrons. The van der Waals surface area contributed by atoms with Crippen molar-refractivity contribution >= 4 is 16.5 Å². The molecule has 0 aliphatic heterocycles. The lowest BCUT2D eigenvalue weighted by Gasteiger charge is -2.22. The fraction of sp³-hybridized carbons (Fsp3) is 0.538. The van der Waals surface area contributed by atoms with Gasteiger partial charge in [-0.25, -0.2) is 0 Å². The summed E-state index contributed by atoms with van der Waals surface area (Å²) in [6, 6.07) is 5.54. The van der Waals surface area contributed by atoms with Gasteiger partial charge in [0.05, 0.1) is 16.4 Å². The number of nitrogens with two attached hydrogens (primary N) is 1. The van der Waals surface area contributed by atoms with Gasteiger partial charge in [0.2, 0.25) is 0 Å². The number of aryl methyl sites for hydroxylation is 1. The highest BCUT2D eigenvalue weighted by Gasteiger charge is 2.18. The second-order valence-electron chi connectivity index (χ2n) is 4.78. The molecule has 0 amide bonds. The van der Waals surface area contributed by atoms with Gasteiger partial charge in [-0.2, -0.15) is 0 Å². The van der Waals surface area contributed by atoms with E-state index in [1.807, 2.05) is 39.0 Å². The van der Waals surface area contributed by atoms with Gasteiger partial charge in [-0.05, 0) is 51.0 Å². The smallest absolute Gasteiger partial charge is 0.0631 e. The molecule has 0 fully saturated rings. The molecule has 0 saturated carbocycles.